The Hall–Kier alpha value is -3.38. The number of hydrogen-bond acceptors (Lipinski definition) is 6. The molecule has 2 saturated heterocycles. The number of methoxy groups -OCH3 is 2. The minimum absolute atomic E-state index is 0.0102. The summed E-state index contributed by atoms with van der Waals surface area (Å²) in [6, 6.07) is 15.2. The Morgan fingerprint density at radius 2 is 1.95 bits per heavy atom. The van der Waals surface area contributed by atoms with Crippen LogP contribution in [0, 0.1) is 35.5 Å². The van der Waals surface area contributed by atoms with E-state index < -0.39 is 0 Å². The number of H-pyrrole nitrogens is 1. The number of fused-ring (bicyclic) bond motifs is 1. The highest BCUT2D eigenvalue weighted by Crippen LogP contribution is 2.56. The van der Waals surface area contributed by atoms with Crippen LogP contribution in [0.25, 0.3) is 10.9 Å². The van der Waals surface area contributed by atoms with Crippen molar-refractivity contribution in [2.75, 3.05) is 53.6 Å². The van der Waals surface area contributed by atoms with Crippen LogP contribution in [-0.2, 0) is 11.3 Å². The van der Waals surface area contributed by atoms with E-state index in [0.29, 0.717) is 18.0 Å². The van der Waals surface area contributed by atoms with Gasteiger partial charge in [0.1, 0.15) is 5.75 Å². The number of aromatic amines is 1. The molecule has 0 unspecified atom stereocenters. The molecular formula is C34H43N5O3. The van der Waals surface area contributed by atoms with Gasteiger partial charge in [0.25, 0.3) is 5.91 Å². The van der Waals surface area contributed by atoms with Crippen LogP contribution in [0.5, 0.6) is 5.75 Å². The summed E-state index contributed by atoms with van der Waals surface area (Å²) >= 11 is 0. The lowest BCUT2D eigenvalue weighted by Gasteiger charge is -2.53. The maximum absolute atomic E-state index is 13.0. The lowest BCUT2D eigenvalue weighted by Crippen LogP contribution is -2.52. The molecule has 3 aromatic rings. The molecule has 2 N–H and O–H groups in total. The van der Waals surface area contributed by atoms with Crippen LogP contribution in [0.4, 0.5) is 0 Å². The number of aromatic nitrogens is 1. The van der Waals surface area contributed by atoms with Crippen molar-refractivity contribution < 1.29 is 14.3 Å². The summed E-state index contributed by atoms with van der Waals surface area (Å²) in [5.41, 5.74) is 5.71. The molecule has 8 nitrogen and oxygen atoms in total. The number of carbonyl (C=O) groups excluding carboxylic acids is 1. The van der Waals surface area contributed by atoms with Crippen molar-refractivity contribution in [1.82, 2.24) is 20.1 Å². The SMILES string of the molecule is COCCN1CC(CNC(=O)c2ccc([C@@H]3CC4(CCN3Cc3c(OC)cc(C)c5[nH]ccc35)CC(C#N)C4)cc2)C1. The number of hydrogen-bond donors (Lipinski definition) is 2. The third-order valence-corrected chi connectivity index (χ3v) is 9.98. The average molecular weight is 570 g/mol. The van der Waals surface area contributed by atoms with E-state index >= 15 is 0 Å². The highest BCUT2D eigenvalue weighted by Gasteiger charge is 2.49. The molecule has 1 aromatic heterocycles. The number of likely N-dealkylation sites (tertiary alicyclic amines) is 2. The van der Waals surface area contributed by atoms with E-state index in [1.54, 1.807) is 14.2 Å². The fraction of sp³-hybridized carbons (Fsp3) is 0.529. The largest absolute Gasteiger partial charge is 0.496 e. The van der Waals surface area contributed by atoms with Gasteiger partial charge in [-0.2, -0.15) is 5.26 Å². The first-order valence-corrected chi connectivity index (χ1v) is 15.3. The molecule has 3 heterocycles. The number of nitriles is 1. The van der Waals surface area contributed by atoms with Gasteiger partial charge in [-0.3, -0.25) is 9.69 Å². The van der Waals surface area contributed by atoms with Crippen LogP contribution >= 0.6 is 0 Å². The van der Waals surface area contributed by atoms with E-state index in [-0.39, 0.29) is 23.3 Å². The molecule has 1 aliphatic carbocycles. The Bertz CT molecular complexity index is 1450. The predicted molar refractivity (Wildman–Crippen MR) is 163 cm³/mol. The molecule has 222 valence electrons. The fourth-order valence-electron chi connectivity index (χ4n) is 7.53. The highest BCUT2D eigenvalue weighted by atomic mass is 16.5. The molecule has 0 radical (unpaired) electrons. The summed E-state index contributed by atoms with van der Waals surface area (Å²) in [5.74, 6) is 1.60. The first kappa shape index (κ1) is 28.7. The first-order chi connectivity index (χ1) is 20.4. The lowest BCUT2D eigenvalue weighted by molar-refractivity contribution is -0.0298. The molecule has 6 rings (SSSR count). The minimum Gasteiger partial charge on any atom is -0.496 e. The monoisotopic (exact) mass is 569 g/mol. The summed E-state index contributed by atoms with van der Waals surface area (Å²) < 4.78 is 11.0. The molecule has 0 bridgehead atoms. The van der Waals surface area contributed by atoms with Crippen molar-refractivity contribution in [3.05, 3.63) is 64.8 Å². The zero-order chi connectivity index (χ0) is 29.3. The standard InChI is InChI=1S/C34H43N5O3/c1-23-14-31(42-3)29(28-8-10-36-32(23)28)22-39-11-9-34(15-24(16-34)18-35)17-30(39)26-4-6-27(7-5-26)33(40)37-19-25-20-38(21-25)12-13-41-2/h4-8,10,14,24-25,30,36H,9,11-13,15-17,19-22H2,1-3H3,(H,37,40)/t24?,30-,34?/m0/s1. The van der Waals surface area contributed by atoms with Crippen molar-refractivity contribution >= 4 is 16.8 Å². The minimum atomic E-state index is -0.0102. The Balaban J connectivity index is 1.17. The van der Waals surface area contributed by atoms with Gasteiger partial charge >= 0.3 is 0 Å². The third kappa shape index (κ3) is 5.66. The molecule has 3 fully saturated rings. The van der Waals surface area contributed by atoms with Crippen molar-refractivity contribution in [2.45, 2.75) is 45.2 Å². The lowest BCUT2D eigenvalue weighted by atomic mass is 9.56. The topological polar surface area (TPSA) is 93.6 Å². The van der Waals surface area contributed by atoms with Crippen LogP contribution in [-0.4, -0.2) is 74.2 Å². The molecule has 1 spiro atoms. The Morgan fingerprint density at radius 1 is 1.17 bits per heavy atom. The summed E-state index contributed by atoms with van der Waals surface area (Å²) in [4.78, 5) is 21.3. The van der Waals surface area contributed by atoms with Gasteiger partial charge in [0.15, 0.2) is 0 Å². The van der Waals surface area contributed by atoms with Crippen LogP contribution in [0.15, 0.2) is 42.6 Å². The number of ether oxygens (including phenoxy) is 2. The number of nitrogens with zero attached hydrogens (tertiary/aromatic N) is 3. The van der Waals surface area contributed by atoms with Crippen molar-refractivity contribution in [2.24, 2.45) is 17.3 Å². The normalized spacial score (nSPS) is 24.7. The smallest absolute Gasteiger partial charge is 0.251 e. The van der Waals surface area contributed by atoms with Gasteiger partial charge in [0.2, 0.25) is 0 Å². The second kappa shape index (κ2) is 12.1. The quantitative estimate of drug-likeness (QED) is 0.355. The molecule has 8 heteroatoms. The maximum atomic E-state index is 13.0. The van der Waals surface area contributed by atoms with Crippen molar-refractivity contribution in [3.8, 4) is 11.8 Å². The molecule has 1 saturated carbocycles. The number of aryl methyl sites for hydroxylation is 1. The van der Waals surface area contributed by atoms with Crippen LogP contribution in [0.3, 0.4) is 0 Å². The van der Waals surface area contributed by atoms with Gasteiger partial charge in [0.05, 0.1) is 19.8 Å². The van der Waals surface area contributed by atoms with Crippen molar-refractivity contribution in [1.29, 1.82) is 5.26 Å². The average Bonchev–Trinajstić information content (AvgIpc) is 3.47. The number of benzene rings is 2. The molecule has 1 atom stereocenters. The van der Waals surface area contributed by atoms with Gasteiger partial charge in [-0.05, 0) is 80.0 Å². The summed E-state index contributed by atoms with van der Waals surface area (Å²) in [7, 11) is 3.48. The van der Waals surface area contributed by atoms with Crippen LogP contribution in [0.2, 0.25) is 0 Å². The second-order valence-electron chi connectivity index (χ2n) is 12.8. The summed E-state index contributed by atoms with van der Waals surface area (Å²) in [6.45, 7) is 8.29. The summed E-state index contributed by atoms with van der Waals surface area (Å²) in [5, 5.41) is 13.8. The van der Waals surface area contributed by atoms with Gasteiger partial charge in [-0.15, -0.1) is 0 Å². The highest BCUT2D eigenvalue weighted by molar-refractivity contribution is 5.94. The number of piperidine rings is 1. The van der Waals surface area contributed by atoms with Gasteiger partial charge < -0.3 is 24.7 Å². The number of rotatable bonds is 10. The third-order valence-electron chi connectivity index (χ3n) is 9.98. The number of nitrogens with one attached hydrogen (secondary N) is 2. The predicted octanol–water partition coefficient (Wildman–Crippen LogP) is 5.05. The molecule has 42 heavy (non-hydrogen) atoms. The van der Waals surface area contributed by atoms with Crippen LogP contribution < -0.4 is 10.1 Å². The zero-order valence-corrected chi connectivity index (χ0v) is 25.1. The molecule has 3 aliphatic rings. The summed E-state index contributed by atoms with van der Waals surface area (Å²) in [6.07, 6.45) is 6.13. The molecule has 1 amide bonds. The van der Waals surface area contributed by atoms with Gasteiger partial charge in [-0.1, -0.05) is 12.1 Å². The van der Waals surface area contributed by atoms with E-state index in [2.05, 4.69) is 57.4 Å². The Kier molecular flexibility index (Phi) is 8.26. The Morgan fingerprint density at radius 3 is 2.67 bits per heavy atom. The van der Waals surface area contributed by atoms with E-state index in [9.17, 15) is 10.1 Å². The second-order valence-corrected chi connectivity index (χ2v) is 12.8. The van der Waals surface area contributed by atoms with Crippen molar-refractivity contribution in [3.63, 3.8) is 0 Å². The van der Waals surface area contributed by atoms with Gasteiger partial charge in [0, 0.05) is 85.9 Å². The Labute approximate surface area is 249 Å². The fourth-order valence-corrected chi connectivity index (χ4v) is 7.53. The first-order valence-electron chi connectivity index (χ1n) is 15.3. The van der Waals surface area contributed by atoms with E-state index in [1.807, 2.05) is 18.3 Å². The van der Waals surface area contributed by atoms with Gasteiger partial charge in [-0.25, -0.2) is 0 Å². The van der Waals surface area contributed by atoms with E-state index in [1.165, 1.54) is 22.1 Å². The molecule has 2 aliphatic heterocycles. The molecular weight excluding hydrogens is 526 g/mol. The van der Waals surface area contributed by atoms with Crippen LogP contribution in [0.1, 0.15) is 58.8 Å². The van der Waals surface area contributed by atoms with E-state index in [0.717, 1.165) is 76.3 Å². The number of carbonyl (C=O) groups is 1. The van der Waals surface area contributed by atoms with E-state index in [4.69, 9.17) is 9.47 Å². The number of amides is 1. The zero-order valence-electron chi connectivity index (χ0n) is 25.1. The maximum Gasteiger partial charge on any atom is 0.251 e. The molecule has 2 aromatic carbocycles.